The Bertz CT molecular complexity index is 1260. The lowest BCUT2D eigenvalue weighted by atomic mass is 9.99. The quantitative estimate of drug-likeness (QED) is 0.440. The van der Waals surface area contributed by atoms with E-state index >= 15 is 0 Å². The molecule has 3 aromatic rings. The Kier molecular flexibility index (Phi) is 8.08. The first-order valence-electron chi connectivity index (χ1n) is 12.2. The minimum absolute atomic E-state index is 0.238. The minimum Gasteiger partial charge on any atom is -0.497 e. The molecule has 0 aromatic heterocycles. The molecule has 8 nitrogen and oxygen atoms in total. The van der Waals surface area contributed by atoms with E-state index in [2.05, 4.69) is 10.6 Å². The smallest absolute Gasteiger partial charge is 0.411 e. The number of anilines is 1. The first kappa shape index (κ1) is 25.8. The summed E-state index contributed by atoms with van der Waals surface area (Å²) in [5.74, 6) is 0.230. The molecule has 3 aromatic carbocycles. The zero-order valence-electron chi connectivity index (χ0n) is 21.1. The Labute approximate surface area is 216 Å². The van der Waals surface area contributed by atoms with Gasteiger partial charge in [0, 0.05) is 17.8 Å². The van der Waals surface area contributed by atoms with Crippen molar-refractivity contribution in [3.8, 4) is 5.75 Å². The van der Waals surface area contributed by atoms with E-state index in [1.54, 1.807) is 48.5 Å². The Morgan fingerprint density at radius 1 is 1.00 bits per heavy atom. The number of cyclic esters (lactones) is 1. The molecule has 1 fully saturated rings. The highest BCUT2D eigenvalue weighted by Gasteiger charge is 2.47. The second-order valence-corrected chi connectivity index (χ2v) is 9.31. The molecule has 4 rings (SSSR count). The van der Waals surface area contributed by atoms with Crippen LogP contribution in [0, 0.1) is 5.92 Å². The van der Waals surface area contributed by atoms with Crippen LogP contribution in [0.2, 0.25) is 0 Å². The summed E-state index contributed by atoms with van der Waals surface area (Å²) < 4.78 is 10.9. The van der Waals surface area contributed by atoms with E-state index in [0.717, 1.165) is 5.56 Å². The van der Waals surface area contributed by atoms with Crippen molar-refractivity contribution in [1.82, 2.24) is 10.2 Å². The summed E-state index contributed by atoms with van der Waals surface area (Å²) in [5, 5.41) is 5.82. The number of carbonyl (C=O) groups is 3. The van der Waals surface area contributed by atoms with E-state index in [4.69, 9.17) is 9.47 Å². The molecule has 0 unspecified atom stereocenters. The number of nitrogens with zero attached hydrogens (tertiary/aromatic N) is 1. The normalized spacial score (nSPS) is 16.9. The third-order valence-corrected chi connectivity index (χ3v) is 6.04. The molecule has 1 heterocycles. The van der Waals surface area contributed by atoms with Gasteiger partial charge in [0.05, 0.1) is 13.7 Å². The molecule has 8 heteroatoms. The fourth-order valence-corrected chi connectivity index (χ4v) is 4.16. The van der Waals surface area contributed by atoms with Gasteiger partial charge in [-0.2, -0.15) is 0 Å². The van der Waals surface area contributed by atoms with Crippen LogP contribution in [-0.4, -0.2) is 42.5 Å². The molecule has 2 atom stereocenters. The minimum atomic E-state index is -0.865. The van der Waals surface area contributed by atoms with Crippen molar-refractivity contribution in [2.24, 2.45) is 5.92 Å². The summed E-state index contributed by atoms with van der Waals surface area (Å²) in [6, 6.07) is 22.5. The molecule has 0 radical (unpaired) electrons. The zero-order valence-corrected chi connectivity index (χ0v) is 21.1. The number of nitrogens with one attached hydrogen (secondary N) is 2. The fourth-order valence-electron chi connectivity index (χ4n) is 4.16. The summed E-state index contributed by atoms with van der Waals surface area (Å²) >= 11 is 0. The summed E-state index contributed by atoms with van der Waals surface area (Å²) in [6.45, 7) is 4.73. The predicted molar refractivity (Wildman–Crippen MR) is 140 cm³/mol. The van der Waals surface area contributed by atoms with Crippen molar-refractivity contribution in [3.63, 3.8) is 0 Å². The molecule has 0 bridgehead atoms. The van der Waals surface area contributed by atoms with Gasteiger partial charge in [-0.3, -0.25) is 14.5 Å². The summed E-state index contributed by atoms with van der Waals surface area (Å²) in [7, 11) is 1.54. The lowest BCUT2D eigenvalue weighted by molar-refractivity contribution is -0.126. The van der Waals surface area contributed by atoms with Crippen molar-refractivity contribution in [2.45, 2.75) is 32.5 Å². The third-order valence-electron chi connectivity index (χ3n) is 6.04. The number of ether oxygens (including phenoxy) is 2. The highest BCUT2D eigenvalue weighted by atomic mass is 16.6. The lowest BCUT2D eigenvalue weighted by Gasteiger charge is -2.25. The van der Waals surface area contributed by atoms with Crippen LogP contribution >= 0.6 is 0 Å². The number of carbonyl (C=O) groups excluding carboxylic acids is 3. The highest BCUT2D eigenvalue weighted by Crippen LogP contribution is 2.35. The molecule has 0 saturated carbocycles. The molecule has 2 N–H and O–H groups in total. The average Bonchev–Trinajstić information content (AvgIpc) is 3.23. The van der Waals surface area contributed by atoms with E-state index in [9.17, 15) is 14.4 Å². The molecule has 0 aliphatic carbocycles. The van der Waals surface area contributed by atoms with Crippen LogP contribution in [0.15, 0.2) is 78.9 Å². The first-order valence-corrected chi connectivity index (χ1v) is 12.2. The van der Waals surface area contributed by atoms with E-state index < -0.39 is 18.2 Å². The number of amides is 3. The molecular formula is C29H31N3O5. The van der Waals surface area contributed by atoms with Crippen molar-refractivity contribution in [1.29, 1.82) is 0 Å². The Morgan fingerprint density at radius 3 is 2.49 bits per heavy atom. The maximum Gasteiger partial charge on any atom is 0.411 e. The van der Waals surface area contributed by atoms with Gasteiger partial charge in [0.1, 0.15) is 5.75 Å². The van der Waals surface area contributed by atoms with Crippen molar-refractivity contribution >= 4 is 23.6 Å². The predicted octanol–water partition coefficient (Wildman–Crippen LogP) is 4.78. The standard InChI is InChI=1S/C29H31N3O5/c1-19(2)17-30-28(34)25-26(37-29(35)32(25)18-20-9-5-4-6-10-20)21-11-7-13-23(15-21)31-27(33)22-12-8-14-24(16-22)36-3/h4-16,19,25-26H,17-18H2,1-3H3,(H,30,34)(H,31,33)/t25-,26+/m1/s1. The molecule has 0 spiro atoms. The third kappa shape index (κ3) is 6.27. The average molecular weight is 502 g/mol. The van der Waals surface area contributed by atoms with Gasteiger partial charge in [0.2, 0.25) is 5.91 Å². The molecule has 1 aliphatic heterocycles. The lowest BCUT2D eigenvalue weighted by Crippen LogP contribution is -2.47. The number of hydrogen-bond donors (Lipinski definition) is 2. The molecule has 37 heavy (non-hydrogen) atoms. The van der Waals surface area contributed by atoms with Crippen molar-refractivity contribution in [3.05, 3.63) is 95.6 Å². The van der Waals surface area contributed by atoms with E-state index in [-0.39, 0.29) is 24.3 Å². The van der Waals surface area contributed by atoms with Gasteiger partial charge in [-0.1, -0.05) is 62.4 Å². The van der Waals surface area contributed by atoms with Gasteiger partial charge in [0.25, 0.3) is 5.91 Å². The molecular weight excluding hydrogens is 470 g/mol. The highest BCUT2D eigenvalue weighted by molar-refractivity contribution is 6.04. The maximum atomic E-state index is 13.3. The van der Waals surface area contributed by atoms with Gasteiger partial charge in [0.15, 0.2) is 12.1 Å². The topological polar surface area (TPSA) is 97.0 Å². The zero-order chi connectivity index (χ0) is 26.4. The Morgan fingerprint density at radius 2 is 1.76 bits per heavy atom. The van der Waals surface area contributed by atoms with E-state index in [0.29, 0.717) is 29.1 Å². The van der Waals surface area contributed by atoms with Crippen LogP contribution in [0.1, 0.15) is 41.4 Å². The number of methoxy groups -OCH3 is 1. The van der Waals surface area contributed by atoms with Gasteiger partial charge >= 0.3 is 6.09 Å². The Hall–Kier alpha value is -4.33. The summed E-state index contributed by atoms with van der Waals surface area (Å²) in [5.41, 5.74) is 2.46. The molecule has 1 saturated heterocycles. The van der Waals surface area contributed by atoms with Gasteiger partial charge in [-0.05, 0) is 47.4 Å². The van der Waals surface area contributed by atoms with Crippen molar-refractivity contribution in [2.75, 3.05) is 19.0 Å². The number of hydrogen-bond acceptors (Lipinski definition) is 5. The second-order valence-electron chi connectivity index (χ2n) is 9.31. The molecule has 3 amide bonds. The Balaban J connectivity index is 1.59. The number of benzene rings is 3. The second kappa shape index (κ2) is 11.6. The SMILES string of the molecule is COc1cccc(C(=O)Nc2cccc([C@@H]3OC(=O)N(Cc4ccccc4)[C@H]3C(=O)NCC(C)C)c2)c1. The maximum absolute atomic E-state index is 13.3. The van der Waals surface area contributed by atoms with Crippen LogP contribution in [0.4, 0.5) is 10.5 Å². The van der Waals surface area contributed by atoms with Crippen LogP contribution < -0.4 is 15.4 Å². The first-order chi connectivity index (χ1) is 17.9. The fraction of sp³-hybridized carbons (Fsp3) is 0.276. The van der Waals surface area contributed by atoms with Crippen LogP contribution in [0.5, 0.6) is 5.75 Å². The van der Waals surface area contributed by atoms with Gasteiger partial charge in [-0.25, -0.2) is 4.79 Å². The number of rotatable bonds is 9. The summed E-state index contributed by atoms with van der Waals surface area (Å²) in [6.07, 6.45) is -1.40. The van der Waals surface area contributed by atoms with E-state index in [1.165, 1.54) is 12.0 Å². The monoisotopic (exact) mass is 501 g/mol. The van der Waals surface area contributed by atoms with Gasteiger partial charge in [-0.15, -0.1) is 0 Å². The van der Waals surface area contributed by atoms with Crippen LogP contribution in [0.3, 0.4) is 0 Å². The molecule has 1 aliphatic rings. The van der Waals surface area contributed by atoms with Crippen LogP contribution in [0.25, 0.3) is 0 Å². The van der Waals surface area contributed by atoms with Crippen molar-refractivity contribution < 1.29 is 23.9 Å². The molecule has 192 valence electrons. The largest absolute Gasteiger partial charge is 0.497 e. The van der Waals surface area contributed by atoms with Gasteiger partial charge < -0.3 is 20.1 Å². The van der Waals surface area contributed by atoms with E-state index in [1.807, 2.05) is 44.2 Å². The summed E-state index contributed by atoms with van der Waals surface area (Å²) in [4.78, 5) is 40.6. The van der Waals surface area contributed by atoms with Crippen LogP contribution in [-0.2, 0) is 16.1 Å².